The fourth-order valence-corrected chi connectivity index (χ4v) is 54.8. The number of halogens is 1. The normalized spacial score (nSPS) is 13.4. The fraction of sp³-hybridized carbons (Fsp3) is 1.00. The summed E-state index contributed by atoms with van der Waals surface area (Å²) in [5.41, 5.74) is 0. The van der Waals surface area contributed by atoms with Crippen LogP contribution in [0.3, 0.4) is 0 Å². The van der Waals surface area contributed by atoms with Crippen LogP contribution in [0.25, 0.3) is 0 Å². The number of hydrogen-bond donors (Lipinski definition) is 0. The summed E-state index contributed by atoms with van der Waals surface area (Å²) in [6.45, 7) is 84.8. The predicted octanol–water partition coefficient (Wildman–Crippen LogP) is 34.2. The van der Waals surface area contributed by atoms with E-state index in [1.54, 1.807) is 0 Å². The molecular formula is C96H216IN16P5. The third-order valence-corrected chi connectivity index (χ3v) is 53.7. The minimum atomic E-state index is -5.49. The van der Waals surface area contributed by atoms with Gasteiger partial charge in [0.15, 0.2) is 0 Å². The van der Waals surface area contributed by atoms with Crippen molar-refractivity contribution in [2.75, 3.05) is 157 Å². The zero-order chi connectivity index (χ0) is 88.1. The van der Waals surface area contributed by atoms with Gasteiger partial charge in [-0.25, -0.2) is 0 Å². The Morgan fingerprint density at radius 2 is 0.195 bits per heavy atom. The van der Waals surface area contributed by atoms with Crippen LogP contribution >= 0.6 is 56.9 Å². The third kappa shape index (κ3) is 40.9. The van der Waals surface area contributed by atoms with Gasteiger partial charge in [-0.05, 0) is 0 Å². The van der Waals surface area contributed by atoms with Crippen molar-refractivity contribution < 1.29 is 0 Å². The van der Waals surface area contributed by atoms with E-state index in [1.165, 1.54) is 0 Å². The van der Waals surface area contributed by atoms with Crippen molar-refractivity contribution in [3.05, 3.63) is 0 Å². The van der Waals surface area contributed by atoms with E-state index in [2.05, 4.69) is 244 Å². The third-order valence-electron chi connectivity index (χ3n) is 24.1. The van der Waals surface area contributed by atoms with E-state index in [9.17, 15) is 0 Å². The zero-order valence-electron chi connectivity index (χ0n) is 84.7. The molecule has 0 spiro atoms. The predicted molar refractivity (Wildman–Crippen MR) is 555 cm³/mol. The molecule has 0 radical (unpaired) electrons. The van der Waals surface area contributed by atoms with Gasteiger partial charge in [-0.15, -0.1) is 0 Å². The summed E-state index contributed by atoms with van der Waals surface area (Å²) in [5, 5.41) is 0. The molecule has 16 nitrogen and oxygen atoms in total. The average Bonchev–Trinajstić information content (AvgIpc) is 0.682. The van der Waals surface area contributed by atoms with Crippen molar-refractivity contribution in [2.45, 2.75) is 474 Å². The Balaban J connectivity index is 16.2. The van der Waals surface area contributed by atoms with Gasteiger partial charge in [0.25, 0.3) is 0 Å². The molecule has 0 heterocycles. The summed E-state index contributed by atoms with van der Waals surface area (Å²) in [4.78, 5) is -5.49. The Hall–Kier alpha value is 1.60. The molecule has 0 aliphatic rings. The van der Waals surface area contributed by atoms with Crippen LogP contribution in [-0.4, -0.2) is 213 Å². The molecule has 118 heavy (non-hydrogen) atoms. The molecule has 0 rings (SSSR count). The summed E-state index contributed by atoms with van der Waals surface area (Å²) in [6.07, 6.45) is 54.9. The van der Waals surface area contributed by atoms with Gasteiger partial charge < -0.3 is 0 Å². The Kier molecular flexibility index (Phi) is 76.3. The fourth-order valence-electron chi connectivity index (χ4n) is 16.5. The summed E-state index contributed by atoms with van der Waals surface area (Å²) in [5.74, 6) is 0. The van der Waals surface area contributed by atoms with Gasteiger partial charge in [0.1, 0.15) is 0 Å². The molecule has 0 saturated carbocycles. The van der Waals surface area contributed by atoms with Crippen molar-refractivity contribution in [3.8, 4) is 0 Å². The molecule has 0 aromatic rings. The second kappa shape index (κ2) is 75.3. The second-order valence-electron chi connectivity index (χ2n) is 35.3. The maximum absolute atomic E-state index is 8.58. The first kappa shape index (κ1) is 120. The monoisotopic (exact) mass is 1880 g/mol. The molecule has 0 bridgehead atoms. The van der Waals surface area contributed by atoms with Gasteiger partial charge in [0.05, 0.1) is 0 Å². The Morgan fingerprint density at radius 1 is 0.136 bits per heavy atom. The Labute approximate surface area is 757 Å². The van der Waals surface area contributed by atoms with E-state index in [4.69, 9.17) is 18.1 Å². The SMILES string of the molecule is CCCCN(CCCC)P(=NP(I)(N=P(N(CCCC)CCCC)(N(CCCC)CCCC)N(CCCC)CCCC)(N=P(N(CCCC)CCCC)(N(CCCC)CCCC)N(CCCC)CCCC)N=P(N(CCCC)CCCC)(N(CCCC)CCCC)N(CCCC)CCCC)(N(CCCC)CCCC)N(CCCC)CCCC. The average molecular weight is 1880 g/mol. The molecule has 712 valence electrons. The van der Waals surface area contributed by atoms with Crippen molar-refractivity contribution in [1.82, 2.24) is 56.0 Å². The van der Waals surface area contributed by atoms with Gasteiger partial charge in [-0.1, -0.05) is 0 Å². The van der Waals surface area contributed by atoms with Crippen LogP contribution in [0, 0.1) is 0 Å². The molecule has 0 aromatic carbocycles. The zero-order valence-corrected chi connectivity index (χ0v) is 91.3. The van der Waals surface area contributed by atoms with E-state index in [0.29, 0.717) is 0 Å². The molecule has 0 aliphatic heterocycles. The first-order chi connectivity index (χ1) is 57.4. The van der Waals surface area contributed by atoms with Gasteiger partial charge in [-0.2, -0.15) is 0 Å². The van der Waals surface area contributed by atoms with Crippen molar-refractivity contribution in [2.24, 2.45) is 18.1 Å². The Bertz CT molecular complexity index is 1860. The number of hydrogen-bond acceptors (Lipinski definition) is 4. The summed E-state index contributed by atoms with van der Waals surface area (Å²) < 4.78 is 73.6. The molecule has 0 aromatic heterocycles. The molecular weight excluding hydrogens is 1660 g/mol. The molecule has 0 unspecified atom stereocenters. The van der Waals surface area contributed by atoms with Gasteiger partial charge in [0, 0.05) is 0 Å². The van der Waals surface area contributed by atoms with Crippen LogP contribution in [-0.2, 0) is 0 Å². The summed E-state index contributed by atoms with van der Waals surface area (Å²) in [6, 6.07) is 0. The second-order valence-corrected chi connectivity index (χ2v) is 56.1. The quantitative estimate of drug-likeness (QED) is 0.0429. The van der Waals surface area contributed by atoms with Crippen LogP contribution in [0.2, 0.25) is 0 Å². The van der Waals surface area contributed by atoms with Gasteiger partial charge in [0.2, 0.25) is 0 Å². The Morgan fingerprint density at radius 3 is 0.246 bits per heavy atom. The van der Waals surface area contributed by atoms with Crippen LogP contribution < -0.4 is 0 Å². The van der Waals surface area contributed by atoms with E-state index < -0.39 is 34.9 Å². The molecule has 0 N–H and O–H groups in total. The number of unbranched alkanes of at least 4 members (excludes halogenated alkanes) is 24. The molecule has 0 saturated heterocycles. The first-order valence-electron chi connectivity index (χ1n) is 52.7. The van der Waals surface area contributed by atoms with Crippen molar-refractivity contribution >= 4 is 56.9 Å². The summed E-state index contributed by atoms with van der Waals surface area (Å²) in [7, 11) is -13.3. The minimum absolute atomic E-state index is 1.02. The standard InChI is InChI=1S/C96H216IN16P5/c1-25-49-73-102(74-50-26-2)114(103(75-51-27-3)76-52-28-4,104(77-53-29-5)78-54-30-6)98-118(97,99-115(105(79-55-31-7)80-56-32-8,106(81-57-33-9)82-58-34-10)107(83-59-35-11)84-60-36-12,100-116(108(85-61-37-13)86-62-38-14,109(87-63-39-15)88-64-40-16)110(89-65-41-17)90-66-42-18)101-117(111(91-67-43-19)92-68-44-20,112(93-69-45-21)94-70-46-22)113(95-71-47-23)96-72-48-24/h25-96H2,1-24H3. The van der Waals surface area contributed by atoms with Crippen molar-refractivity contribution in [1.29, 1.82) is 0 Å². The van der Waals surface area contributed by atoms with Crippen molar-refractivity contribution in [3.63, 3.8) is 0 Å². The van der Waals surface area contributed by atoms with Gasteiger partial charge in [-0.3, -0.25) is 0 Å². The van der Waals surface area contributed by atoms with E-state index >= 15 is 0 Å². The van der Waals surface area contributed by atoms with Gasteiger partial charge >= 0.3 is 762 Å². The molecule has 0 atom stereocenters. The maximum atomic E-state index is 8.58. The van der Waals surface area contributed by atoms with E-state index in [1.807, 2.05) is 0 Å². The van der Waals surface area contributed by atoms with Crippen LogP contribution in [0.15, 0.2) is 18.1 Å². The molecule has 0 fully saturated rings. The van der Waals surface area contributed by atoms with E-state index in [0.717, 1.165) is 465 Å². The van der Waals surface area contributed by atoms with Crippen LogP contribution in [0.4, 0.5) is 0 Å². The first-order valence-corrected chi connectivity index (χ1v) is 64.0. The van der Waals surface area contributed by atoms with Crippen LogP contribution in [0.5, 0.6) is 0 Å². The van der Waals surface area contributed by atoms with Crippen LogP contribution in [0.1, 0.15) is 474 Å². The molecule has 0 amide bonds. The molecule has 0 aliphatic carbocycles. The number of nitrogens with zero attached hydrogens (tertiary/aromatic N) is 16. The molecule has 22 heteroatoms. The topological polar surface area (TPSA) is 88.3 Å². The summed E-state index contributed by atoms with van der Waals surface area (Å²) >= 11 is 3.47. The number of rotatable bonds is 88. The van der Waals surface area contributed by atoms with E-state index in [-0.39, 0.29) is 0 Å².